The number of thioether (sulfide) groups is 1. The third-order valence-electron chi connectivity index (χ3n) is 1.23. The van der Waals surface area contributed by atoms with Gasteiger partial charge in [-0.15, -0.1) is 0 Å². The van der Waals surface area contributed by atoms with E-state index in [4.69, 9.17) is 0 Å². The fourth-order valence-electron chi connectivity index (χ4n) is 0.745. The van der Waals surface area contributed by atoms with E-state index in [0.717, 1.165) is 6.42 Å². The monoisotopic (exact) mass is 161 g/mol. The maximum absolute atomic E-state index is 10.7. The van der Waals surface area contributed by atoms with Gasteiger partial charge in [0.2, 0.25) is 0 Å². The van der Waals surface area contributed by atoms with Crippen LogP contribution in [0.25, 0.3) is 0 Å². The van der Waals surface area contributed by atoms with E-state index in [0.29, 0.717) is 5.37 Å². The molecule has 60 valence electrons. The van der Waals surface area contributed by atoms with Crippen molar-refractivity contribution in [2.24, 2.45) is 0 Å². The van der Waals surface area contributed by atoms with E-state index in [2.05, 4.69) is 11.8 Å². The van der Waals surface area contributed by atoms with Crippen LogP contribution in [0.4, 0.5) is 0 Å². The molecule has 0 aromatic heterocycles. The molecule has 0 aliphatic carbocycles. The number of carbonyl (C=O) groups is 1. The van der Waals surface area contributed by atoms with Crippen LogP contribution in [-0.2, 0) is 4.79 Å². The standard InChI is InChI=1S/C7H15NOS/c1-5-7(8(3)4)10-6(2)9/h7H,5H2,1-4H3. The van der Waals surface area contributed by atoms with Crippen LogP contribution in [0.3, 0.4) is 0 Å². The SMILES string of the molecule is CCC(SC(C)=O)N(C)C. The molecule has 0 N–H and O–H groups in total. The van der Waals surface area contributed by atoms with Crippen molar-refractivity contribution in [3.63, 3.8) is 0 Å². The zero-order chi connectivity index (χ0) is 8.15. The summed E-state index contributed by atoms with van der Waals surface area (Å²) in [6, 6.07) is 0. The zero-order valence-electron chi connectivity index (χ0n) is 7.05. The van der Waals surface area contributed by atoms with Crippen LogP contribution in [0.15, 0.2) is 0 Å². The Morgan fingerprint density at radius 3 is 2.20 bits per heavy atom. The Morgan fingerprint density at radius 2 is 2.10 bits per heavy atom. The number of hydrogen-bond donors (Lipinski definition) is 0. The normalized spacial score (nSPS) is 13.7. The first-order valence-corrected chi connectivity index (χ1v) is 4.29. The molecule has 3 heteroatoms. The Hall–Kier alpha value is -0.0200. The second kappa shape index (κ2) is 4.74. The molecule has 0 amide bonds. The van der Waals surface area contributed by atoms with Gasteiger partial charge in [-0.25, -0.2) is 0 Å². The topological polar surface area (TPSA) is 20.3 Å². The highest BCUT2D eigenvalue weighted by molar-refractivity contribution is 8.14. The smallest absolute Gasteiger partial charge is 0.187 e. The second-order valence-electron chi connectivity index (χ2n) is 2.44. The number of hydrogen-bond acceptors (Lipinski definition) is 3. The molecule has 0 radical (unpaired) electrons. The molecular formula is C7H15NOS. The van der Waals surface area contributed by atoms with Crippen molar-refractivity contribution >= 4 is 16.9 Å². The van der Waals surface area contributed by atoms with Crippen LogP contribution in [-0.4, -0.2) is 29.5 Å². The summed E-state index contributed by atoms with van der Waals surface area (Å²) in [6.45, 7) is 3.69. The minimum absolute atomic E-state index is 0.195. The highest BCUT2D eigenvalue weighted by Gasteiger charge is 2.10. The van der Waals surface area contributed by atoms with E-state index < -0.39 is 0 Å². The van der Waals surface area contributed by atoms with Crippen LogP contribution in [0, 0.1) is 0 Å². The maximum atomic E-state index is 10.7. The summed E-state index contributed by atoms with van der Waals surface area (Å²) in [7, 11) is 3.98. The van der Waals surface area contributed by atoms with Crippen molar-refractivity contribution in [1.29, 1.82) is 0 Å². The molecule has 0 bridgehead atoms. The molecule has 0 spiro atoms. The van der Waals surface area contributed by atoms with Crippen molar-refractivity contribution in [3.8, 4) is 0 Å². The zero-order valence-corrected chi connectivity index (χ0v) is 7.86. The van der Waals surface area contributed by atoms with Crippen LogP contribution in [0.1, 0.15) is 20.3 Å². The minimum atomic E-state index is 0.195. The molecule has 0 rings (SSSR count). The summed E-state index contributed by atoms with van der Waals surface area (Å²) in [4.78, 5) is 12.7. The van der Waals surface area contributed by atoms with Gasteiger partial charge in [0.15, 0.2) is 5.12 Å². The Labute approximate surface area is 67.0 Å². The van der Waals surface area contributed by atoms with E-state index in [9.17, 15) is 4.79 Å². The summed E-state index contributed by atoms with van der Waals surface area (Å²) >= 11 is 1.39. The highest BCUT2D eigenvalue weighted by Crippen LogP contribution is 2.16. The molecule has 0 aliphatic heterocycles. The van der Waals surface area contributed by atoms with Gasteiger partial charge in [0, 0.05) is 6.92 Å². The van der Waals surface area contributed by atoms with Crippen LogP contribution >= 0.6 is 11.8 Å². The van der Waals surface area contributed by atoms with Gasteiger partial charge >= 0.3 is 0 Å². The third kappa shape index (κ3) is 3.90. The average molecular weight is 161 g/mol. The lowest BCUT2D eigenvalue weighted by molar-refractivity contribution is -0.109. The molecule has 0 aliphatic rings. The van der Waals surface area contributed by atoms with E-state index in [-0.39, 0.29) is 5.12 Å². The summed E-state index contributed by atoms with van der Waals surface area (Å²) in [6.07, 6.45) is 1.01. The quantitative estimate of drug-likeness (QED) is 0.586. The Morgan fingerprint density at radius 1 is 1.60 bits per heavy atom. The molecule has 1 atom stereocenters. The predicted molar refractivity (Wildman–Crippen MR) is 46.0 cm³/mol. The highest BCUT2D eigenvalue weighted by atomic mass is 32.2. The fourth-order valence-corrected chi connectivity index (χ4v) is 1.51. The van der Waals surface area contributed by atoms with Gasteiger partial charge in [-0.2, -0.15) is 0 Å². The van der Waals surface area contributed by atoms with Gasteiger partial charge in [-0.1, -0.05) is 18.7 Å². The van der Waals surface area contributed by atoms with Crippen molar-refractivity contribution in [2.45, 2.75) is 25.6 Å². The van der Waals surface area contributed by atoms with Gasteiger partial charge in [-0.05, 0) is 20.5 Å². The summed E-state index contributed by atoms with van der Waals surface area (Å²) in [5, 5.41) is 0.540. The minimum Gasteiger partial charge on any atom is -0.297 e. The molecule has 1 unspecified atom stereocenters. The van der Waals surface area contributed by atoms with Crippen LogP contribution in [0.2, 0.25) is 0 Å². The molecular weight excluding hydrogens is 146 g/mol. The fraction of sp³-hybridized carbons (Fsp3) is 0.857. The number of carbonyl (C=O) groups excluding carboxylic acids is 1. The van der Waals surface area contributed by atoms with E-state index in [1.165, 1.54) is 11.8 Å². The number of nitrogens with zero attached hydrogens (tertiary/aromatic N) is 1. The van der Waals surface area contributed by atoms with Gasteiger partial charge < -0.3 is 0 Å². The Bertz CT molecular complexity index is 114. The Balaban J connectivity index is 3.71. The van der Waals surface area contributed by atoms with Gasteiger partial charge in [0.05, 0.1) is 5.37 Å². The molecule has 0 aromatic carbocycles. The number of rotatable bonds is 3. The summed E-state index contributed by atoms with van der Waals surface area (Å²) < 4.78 is 0. The molecule has 0 aromatic rings. The van der Waals surface area contributed by atoms with Crippen LogP contribution in [0.5, 0.6) is 0 Å². The lowest BCUT2D eigenvalue weighted by Gasteiger charge is -2.20. The molecule has 0 fully saturated rings. The van der Waals surface area contributed by atoms with Crippen molar-refractivity contribution in [1.82, 2.24) is 4.90 Å². The third-order valence-corrected chi connectivity index (χ3v) is 2.59. The van der Waals surface area contributed by atoms with Gasteiger partial charge in [0.25, 0.3) is 0 Å². The van der Waals surface area contributed by atoms with Gasteiger partial charge in [-0.3, -0.25) is 9.69 Å². The first-order chi connectivity index (χ1) is 4.57. The first kappa shape index (κ1) is 9.98. The lowest BCUT2D eigenvalue weighted by atomic mass is 10.4. The lowest BCUT2D eigenvalue weighted by Crippen LogP contribution is -2.24. The predicted octanol–water partition coefficient (Wildman–Crippen LogP) is 1.56. The molecule has 10 heavy (non-hydrogen) atoms. The van der Waals surface area contributed by atoms with E-state index in [1.54, 1.807) is 6.92 Å². The summed E-state index contributed by atoms with van der Waals surface area (Å²) in [5.41, 5.74) is 0. The first-order valence-electron chi connectivity index (χ1n) is 3.41. The molecule has 0 saturated carbocycles. The van der Waals surface area contributed by atoms with Crippen molar-refractivity contribution in [2.75, 3.05) is 14.1 Å². The molecule has 0 heterocycles. The largest absolute Gasteiger partial charge is 0.297 e. The average Bonchev–Trinajstić information content (AvgIpc) is 1.81. The second-order valence-corrected chi connectivity index (χ2v) is 3.79. The van der Waals surface area contributed by atoms with E-state index in [1.807, 2.05) is 14.1 Å². The maximum Gasteiger partial charge on any atom is 0.187 e. The van der Waals surface area contributed by atoms with E-state index >= 15 is 0 Å². The summed E-state index contributed by atoms with van der Waals surface area (Å²) in [5.74, 6) is 0. The molecule has 0 saturated heterocycles. The molecule has 2 nitrogen and oxygen atoms in total. The van der Waals surface area contributed by atoms with Crippen molar-refractivity contribution < 1.29 is 4.79 Å². The van der Waals surface area contributed by atoms with Crippen molar-refractivity contribution in [3.05, 3.63) is 0 Å². The Kier molecular flexibility index (Phi) is 4.73. The van der Waals surface area contributed by atoms with Gasteiger partial charge in [0.1, 0.15) is 0 Å². The van der Waals surface area contributed by atoms with Crippen LogP contribution < -0.4 is 0 Å².